The first-order valence-electron chi connectivity index (χ1n) is 12.6. The summed E-state index contributed by atoms with van der Waals surface area (Å²) in [4.78, 5) is 0. The van der Waals surface area contributed by atoms with Crippen molar-refractivity contribution in [3.8, 4) is 0 Å². The summed E-state index contributed by atoms with van der Waals surface area (Å²) in [5.41, 5.74) is 4.78. The van der Waals surface area contributed by atoms with Crippen molar-refractivity contribution in [3.63, 3.8) is 0 Å². The Morgan fingerprint density at radius 1 is 1.29 bits per heavy atom. The monoisotopic (exact) mass is 478 g/mol. The molecule has 2 N–H and O–H groups in total. The van der Waals surface area contributed by atoms with E-state index in [-0.39, 0.29) is 16.1 Å². The van der Waals surface area contributed by atoms with Crippen LogP contribution in [0.4, 0.5) is 15.9 Å². The second-order valence-corrected chi connectivity index (χ2v) is 11.6. The standard InChI is InChI=1S/C27H34BFN3OS/c1-3-6-25(33-24-8-5-4-7-17(24)2)19-10-9-18(13-19)23-14-26(32-31-23)30-22-12-11-20-15-34(28)16-21(20)27(22)29/h6,11-12,14,18-19H,3-5,7-10,13,15-16H2,1-2H3,(H2,30,31,32)/b25-6+. The first-order valence-corrected chi connectivity index (χ1v) is 14.3. The molecule has 1 aromatic heterocycles. The van der Waals surface area contributed by atoms with Crippen LogP contribution in [0, 0.1) is 11.7 Å². The number of fused-ring (bicyclic) bond motifs is 1. The van der Waals surface area contributed by atoms with Gasteiger partial charge in [-0.1, -0.05) is 6.92 Å². The molecule has 0 spiro atoms. The molecule has 7 heteroatoms. The third kappa shape index (κ3) is 4.95. The van der Waals surface area contributed by atoms with Gasteiger partial charge in [0.05, 0.1) is 0 Å². The predicted octanol–water partition coefficient (Wildman–Crippen LogP) is 7.70. The molecule has 0 saturated heterocycles. The zero-order chi connectivity index (χ0) is 23.7. The van der Waals surface area contributed by atoms with Crippen LogP contribution in [-0.2, 0) is 16.2 Å². The third-order valence-corrected chi connectivity index (χ3v) is 8.82. The molecule has 5 rings (SSSR count). The van der Waals surface area contributed by atoms with Crippen molar-refractivity contribution >= 4 is 28.5 Å². The summed E-state index contributed by atoms with van der Waals surface area (Å²) in [6, 6.07) is 5.82. The number of nitrogens with zero attached hydrogens (tertiary/aromatic N) is 1. The summed E-state index contributed by atoms with van der Waals surface area (Å²) < 4.78 is 21.5. The van der Waals surface area contributed by atoms with E-state index in [1.54, 1.807) is 6.07 Å². The Bertz CT molecular complexity index is 1150. The average Bonchev–Trinajstić information content (AvgIpc) is 3.56. The summed E-state index contributed by atoms with van der Waals surface area (Å²) in [6.45, 7) is 10.4. The molecule has 0 bridgehead atoms. The van der Waals surface area contributed by atoms with Crippen molar-refractivity contribution in [1.82, 2.24) is 10.2 Å². The summed E-state index contributed by atoms with van der Waals surface area (Å²) in [6.07, 6.45) is 11.2. The Balaban J connectivity index is 1.25. The minimum atomic E-state index is -0.253. The van der Waals surface area contributed by atoms with Crippen LogP contribution >= 0.6 is 10.3 Å². The molecule has 2 aromatic rings. The Morgan fingerprint density at radius 3 is 2.97 bits per heavy atom. The van der Waals surface area contributed by atoms with Crippen molar-refractivity contribution in [2.45, 2.75) is 82.6 Å². The summed E-state index contributed by atoms with van der Waals surface area (Å²) >= 11 is 0. The number of hydrogen-bond donors (Lipinski definition) is 2. The Labute approximate surface area is 205 Å². The van der Waals surface area contributed by atoms with Gasteiger partial charge >= 0.3 is 132 Å². The first kappa shape index (κ1) is 23.6. The van der Waals surface area contributed by atoms with Crippen molar-refractivity contribution < 1.29 is 9.13 Å². The van der Waals surface area contributed by atoms with Crippen LogP contribution in [0.25, 0.3) is 0 Å². The van der Waals surface area contributed by atoms with Crippen LogP contribution in [0.5, 0.6) is 0 Å². The van der Waals surface area contributed by atoms with Gasteiger partial charge in [-0.25, -0.2) is 0 Å². The van der Waals surface area contributed by atoms with Gasteiger partial charge in [-0.2, -0.15) is 0 Å². The Kier molecular flexibility index (Phi) is 7.10. The summed E-state index contributed by atoms with van der Waals surface area (Å²) in [5, 5.41) is 10.8. The van der Waals surface area contributed by atoms with Crippen molar-refractivity contribution in [1.29, 1.82) is 0 Å². The zero-order valence-electron chi connectivity index (χ0n) is 20.3. The van der Waals surface area contributed by atoms with Crippen LogP contribution < -0.4 is 5.32 Å². The average molecular weight is 478 g/mol. The summed E-state index contributed by atoms with van der Waals surface area (Å²) in [7, 11) is -0.253. The second kappa shape index (κ2) is 10.2. The number of nitrogens with one attached hydrogen (secondary N) is 2. The van der Waals surface area contributed by atoms with Gasteiger partial charge < -0.3 is 4.74 Å². The molecule has 179 valence electrons. The number of aromatic nitrogens is 2. The fourth-order valence-electron chi connectivity index (χ4n) is 5.56. The van der Waals surface area contributed by atoms with E-state index in [0.29, 0.717) is 29.1 Å². The number of halogens is 1. The molecule has 3 atom stereocenters. The van der Waals surface area contributed by atoms with E-state index in [1.807, 2.05) is 12.1 Å². The molecule has 2 aliphatic carbocycles. The number of hydrogen-bond acceptors (Lipinski definition) is 3. The van der Waals surface area contributed by atoms with Gasteiger partial charge in [0.25, 0.3) is 0 Å². The van der Waals surface area contributed by atoms with Gasteiger partial charge in [0.2, 0.25) is 0 Å². The first-order chi connectivity index (χ1) is 16.5. The number of benzene rings is 1. The van der Waals surface area contributed by atoms with Crippen molar-refractivity contribution in [3.05, 3.63) is 64.0 Å². The molecule has 3 aliphatic rings. The van der Waals surface area contributed by atoms with Crippen molar-refractivity contribution in [2.24, 2.45) is 5.92 Å². The fourth-order valence-corrected chi connectivity index (χ4v) is 7.01. The Morgan fingerprint density at radius 2 is 2.15 bits per heavy atom. The predicted molar refractivity (Wildman–Crippen MR) is 140 cm³/mol. The number of aromatic amines is 1. The molecule has 1 aromatic carbocycles. The quantitative estimate of drug-likeness (QED) is 0.317. The molecular formula is C27H34BFN3OS. The molecule has 1 radical (unpaired) electrons. The van der Waals surface area contributed by atoms with E-state index in [1.165, 1.54) is 24.2 Å². The molecule has 2 heterocycles. The van der Waals surface area contributed by atoms with Crippen LogP contribution in [0.15, 0.2) is 41.4 Å². The topological polar surface area (TPSA) is 49.9 Å². The number of allylic oxidation sites excluding steroid dienone is 4. The SMILES string of the molecule is [B]=S1Cc2ccc(Nc3cc(C4CCC(/C(=C\CC)OC5=C(C)CCCC5)C4)[nH]n3)c(F)c2C1. The van der Waals surface area contributed by atoms with Gasteiger partial charge in [-0.15, -0.1) is 0 Å². The zero-order valence-corrected chi connectivity index (χ0v) is 21.1. The van der Waals surface area contributed by atoms with Crippen LogP contribution in [0.1, 0.15) is 88.0 Å². The number of anilines is 2. The van der Waals surface area contributed by atoms with Crippen molar-refractivity contribution in [2.75, 3.05) is 5.32 Å². The van der Waals surface area contributed by atoms with Gasteiger partial charge in [0, 0.05) is 6.42 Å². The van der Waals surface area contributed by atoms with Gasteiger partial charge in [-0.3, -0.25) is 0 Å². The van der Waals surface area contributed by atoms with Gasteiger partial charge in [0.1, 0.15) is 11.5 Å². The molecular weight excluding hydrogens is 444 g/mol. The minimum absolute atomic E-state index is 0.192. The van der Waals surface area contributed by atoms with Crippen LogP contribution in [-0.4, -0.2) is 16.9 Å². The normalized spacial score (nSPS) is 25.0. The van der Waals surface area contributed by atoms with E-state index >= 15 is 0 Å². The van der Waals surface area contributed by atoms with Crippen LogP contribution in [0.3, 0.4) is 0 Å². The molecule has 0 amide bonds. The summed E-state index contributed by atoms with van der Waals surface area (Å²) in [5.74, 6) is 5.05. The molecule has 34 heavy (non-hydrogen) atoms. The van der Waals surface area contributed by atoms with E-state index in [0.717, 1.165) is 66.9 Å². The number of H-pyrrole nitrogens is 1. The van der Waals surface area contributed by atoms with E-state index in [2.05, 4.69) is 35.4 Å². The van der Waals surface area contributed by atoms with E-state index in [4.69, 9.17) is 11.5 Å². The fraction of sp³-hybridized carbons (Fsp3) is 0.519. The van der Waals surface area contributed by atoms with E-state index < -0.39 is 0 Å². The van der Waals surface area contributed by atoms with Gasteiger partial charge in [-0.05, 0) is 44.3 Å². The molecule has 4 nitrogen and oxygen atoms in total. The maximum absolute atomic E-state index is 15.0. The molecule has 3 unspecified atom stereocenters. The van der Waals surface area contributed by atoms with Crippen LogP contribution in [0.2, 0.25) is 0 Å². The molecule has 1 fully saturated rings. The maximum atomic E-state index is 15.0. The number of rotatable bonds is 7. The second-order valence-electron chi connectivity index (χ2n) is 9.96. The van der Waals surface area contributed by atoms with E-state index in [9.17, 15) is 4.39 Å². The third-order valence-electron chi connectivity index (χ3n) is 7.47. The molecule has 1 saturated carbocycles. The molecule has 1 aliphatic heterocycles. The van der Waals surface area contributed by atoms with Gasteiger partial charge in [0.15, 0.2) is 0 Å². The Hall–Kier alpha value is -2.15. The number of ether oxygens (including phenoxy) is 1.